The molecule has 14 heavy (non-hydrogen) atoms. The first-order chi connectivity index (χ1) is 6.52. The fourth-order valence-electron chi connectivity index (χ4n) is 1.01. The number of carboxylic acid groups (broad SMARTS) is 1. The summed E-state index contributed by atoms with van der Waals surface area (Å²) in [5.41, 5.74) is -0.854. The van der Waals surface area contributed by atoms with Gasteiger partial charge in [0, 0.05) is 11.2 Å². The Hall–Kier alpha value is -1.55. The summed E-state index contributed by atoms with van der Waals surface area (Å²) in [5.74, 6) is -1.25. The van der Waals surface area contributed by atoms with E-state index in [1.54, 1.807) is 0 Å². The van der Waals surface area contributed by atoms with Crippen LogP contribution in [0.15, 0.2) is 34.7 Å². The van der Waals surface area contributed by atoms with Crippen molar-refractivity contribution in [1.82, 2.24) is 4.57 Å². The molecule has 1 N–H and O–H groups in total. The van der Waals surface area contributed by atoms with Crippen molar-refractivity contribution in [1.29, 1.82) is 0 Å². The lowest BCUT2D eigenvalue weighted by Gasteiger charge is -2.03. The Morgan fingerprint density at radius 2 is 2.29 bits per heavy atom. The quantitative estimate of drug-likeness (QED) is 0.823. The fourth-order valence-corrected chi connectivity index (χ4v) is 1.14. The van der Waals surface area contributed by atoms with Gasteiger partial charge in [-0.25, -0.2) is 4.79 Å². The number of halogens is 1. The fraction of sp³-hybridized carbons (Fsp3) is 0.111. The summed E-state index contributed by atoms with van der Waals surface area (Å²) in [6.45, 7) is 3.54. The van der Waals surface area contributed by atoms with E-state index in [0.29, 0.717) is 0 Å². The molecular formula is C9H8ClNO3. The Balaban J connectivity index is 3.21. The molecule has 1 rings (SSSR count). The van der Waals surface area contributed by atoms with Crippen LogP contribution in [-0.2, 0) is 6.54 Å². The number of pyridine rings is 1. The van der Waals surface area contributed by atoms with Crippen LogP contribution in [-0.4, -0.2) is 15.6 Å². The van der Waals surface area contributed by atoms with Gasteiger partial charge in [0.15, 0.2) is 0 Å². The molecule has 0 fully saturated rings. The predicted molar refractivity (Wildman–Crippen MR) is 52.7 cm³/mol. The summed E-state index contributed by atoms with van der Waals surface area (Å²) in [6.07, 6.45) is 1.46. The number of hydrogen-bond acceptors (Lipinski definition) is 2. The average molecular weight is 214 g/mol. The zero-order chi connectivity index (χ0) is 10.7. The summed E-state index contributed by atoms with van der Waals surface area (Å²) in [6, 6.07) is 2.73. The summed E-state index contributed by atoms with van der Waals surface area (Å²) in [5, 5.41) is 8.93. The Kier molecular flexibility index (Phi) is 3.09. The van der Waals surface area contributed by atoms with E-state index in [1.807, 2.05) is 0 Å². The van der Waals surface area contributed by atoms with Crippen molar-refractivity contribution in [2.45, 2.75) is 6.54 Å². The second-order valence-electron chi connectivity index (χ2n) is 2.68. The minimum Gasteiger partial charge on any atom is -0.477 e. The third-order valence-corrected chi connectivity index (χ3v) is 1.71. The smallest absolute Gasteiger partial charge is 0.341 e. The molecule has 1 aromatic heterocycles. The van der Waals surface area contributed by atoms with Crippen LogP contribution < -0.4 is 5.56 Å². The maximum atomic E-state index is 11.4. The number of aromatic carboxylic acids is 1. The van der Waals surface area contributed by atoms with E-state index in [0.717, 1.165) is 0 Å². The maximum Gasteiger partial charge on any atom is 0.341 e. The highest BCUT2D eigenvalue weighted by atomic mass is 35.5. The van der Waals surface area contributed by atoms with Gasteiger partial charge in [0.2, 0.25) is 0 Å². The number of carbonyl (C=O) groups is 1. The van der Waals surface area contributed by atoms with Gasteiger partial charge in [-0.2, -0.15) is 0 Å². The average Bonchev–Trinajstić information content (AvgIpc) is 2.07. The molecule has 1 aromatic rings. The van der Waals surface area contributed by atoms with Crippen molar-refractivity contribution in [3.63, 3.8) is 0 Å². The molecule has 0 bridgehead atoms. The number of nitrogens with zero attached hydrogens (tertiary/aromatic N) is 1. The maximum absolute atomic E-state index is 11.4. The van der Waals surface area contributed by atoms with Crippen molar-refractivity contribution in [3.8, 4) is 0 Å². The minimum atomic E-state index is -1.25. The van der Waals surface area contributed by atoms with Crippen LogP contribution in [0.5, 0.6) is 0 Å². The van der Waals surface area contributed by atoms with E-state index in [1.165, 1.54) is 22.9 Å². The molecule has 0 saturated heterocycles. The van der Waals surface area contributed by atoms with Gasteiger partial charge in [0.25, 0.3) is 5.56 Å². The van der Waals surface area contributed by atoms with Crippen molar-refractivity contribution in [2.75, 3.05) is 0 Å². The number of aromatic nitrogens is 1. The van der Waals surface area contributed by atoms with Gasteiger partial charge in [0.1, 0.15) is 5.56 Å². The van der Waals surface area contributed by atoms with Crippen molar-refractivity contribution < 1.29 is 9.90 Å². The van der Waals surface area contributed by atoms with Gasteiger partial charge in [-0.05, 0) is 12.1 Å². The standard InChI is InChI=1S/C9H8ClNO3/c1-6(10)5-11-4-2-3-7(8(11)12)9(13)14/h2-4H,1,5H2,(H,13,14). The molecular weight excluding hydrogens is 206 g/mol. The Bertz CT molecular complexity index is 436. The van der Waals surface area contributed by atoms with E-state index in [9.17, 15) is 9.59 Å². The monoisotopic (exact) mass is 213 g/mol. The molecule has 5 heteroatoms. The normalized spacial score (nSPS) is 9.79. The lowest BCUT2D eigenvalue weighted by molar-refractivity contribution is 0.0694. The van der Waals surface area contributed by atoms with E-state index < -0.39 is 11.5 Å². The molecule has 1 heterocycles. The van der Waals surface area contributed by atoms with Crippen molar-refractivity contribution in [2.24, 2.45) is 0 Å². The third-order valence-electron chi connectivity index (χ3n) is 1.59. The van der Waals surface area contributed by atoms with E-state index in [-0.39, 0.29) is 17.1 Å². The van der Waals surface area contributed by atoms with Gasteiger partial charge < -0.3 is 9.67 Å². The molecule has 0 saturated carbocycles. The molecule has 74 valence electrons. The second kappa shape index (κ2) is 4.11. The SMILES string of the molecule is C=C(Cl)Cn1cccc(C(=O)O)c1=O. The highest BCUT2D eigenvalue weighted by Crippen LogP contribution is 2.00. The van der Waals surface area contributed by atoms with Gasteiger partial charge in [-0.15, -0.1) is 0 Å². The first-order valence-electron chi connectivity index (χ1n) is 3.78. The first-order valence-corrected chi connectivity index (χ1v) is 4.16. The predicted octanol–water partition coefficient (Wildman–Crippen LogP) is 1.30. The van der Waals surface area contributed by atoms with Crippen molar-refractivity contribution >= 4 is 17.6 Å². The molecule has 0 unspecified atom stereocenters. The molecule has 0 aliphatic rings. The number of rotatable bonds is 3. The van der Waals surface area contributed by atoms with E-state index >= 15 is 0 Å². The highest BCUT2D eigenvalue weighted by Gasteiger charge is 2.09. The van der Waals surface area contributed by atoms with Crippen LogP contribution in [0.3, 0.4) is 0 Å². The molecule has 0 radical (unpaired) electrons. The van der Waals surface area contributed by atoms with Crippen LogP contribution in [0, 0.1) is 0 Å². The Labute approximate surface area is 85.1 Å². The van der Waals surface area contributed by atoms with Crippen LogP contribution in [0.4, 0.5) is 0 Å². The molecule has 0 aliphatic heterocycles. The molecule has 0 aliphatic carbocycles. The van der Waals surface area contributed by atoms with Crippen LogP contribution >= 0.6 is 11.6 Å². The van der Waals surface area contributed by atoms with E-state index in [2.05, 4.69) is 6.58 Å². The van der Waals surface area contributed by atoms with E-state index in [4.69, 9.17) is 16.7 Å². The molecule has 0 spiro atoms. The van der Waals surface area contributed by atoms with Crippen LogP contribution in [0.2, 0.25) is 0 Å². The third kappa shape index (κ3) is 2.23. The molecule has 0 atom stereocenters. The minimum absolute atomic E-state index is 0.113. The van der Waals surface area contributed by atoms with Gasteiger partial charge >= 0.3 is 5.97 Å². The van der Waals surface area contributed by atoms with Gasteiger partial charge in [0.05, 0.1) is 6.54 Å². The number of hydrogen-bond donors (Lipinski definition) is 1. The summed E-state index contributed by atoms with van der Waals surface area (Å²) < 4.78 is 1.19. The largest absolute Gasteiger partial charge is 0.477 e. The Morgan fingerprint density at radius 1 is 1.64 bits per heavy atom. The number of carboxylic acids is 1. The summed E-state index contributed by atoms with van der Waals surface area (Å²) in [7, 11) is 0. The van der Waals surface area contributed by atoms with Crippen molar-refractivity contribution in [3.05, 3.63) is 45.9 Å². The van der Waals surface area contributed by atoms with Crippen LogP contribution in [0.1, 0.15) is 10.4 Å². The first kappa shape index (κ1) is 10.5. The Morgan fingerprint density at radius 3 is 2.79 bits per heavy atom. The zero-order valence-electron chi connectivity index (χ0n) is 7.24. The molecule has 0 aromatic carbocycles. The summed E-state index contributed by atoms with van der Waals surface area (Å²) in [4.78, 5) is 22.0. The summed E-state index contributed by atoms with van der Waals surface area (Å²) >= 11 is 5.51. The molecule has 0 amide bonds. The lowest BCUT2D eigenvalue weighted by atomic mass is 10.3. The van der Waals surface area contributed by atoms with Gasteiger partial charge in [-0.1, -0.05) is 18.2 Å². The lowest BCUT2D eigenvalue weighted by Crippen LogP contribution is -2.25. The topological polar surface area (TPSA) is 59.3 Å². The van der Waals surface area contributed by atoms with Crippen LogP contribution in [0.25, 0.3) is 0 Å². The molecule has 4 nitrogen and oxygen atoms in total. The number of allylic oxidation sites excluding steroid dienone is 1. The second-order valence-corrected chi connectivity index (χ2v) is 3.21. The zero-order valence-corrected chi connectivity index (χ0v) is 7.99. The van der Waals surface area contributed by atoms with Gasteiger partial charge in [-0.3, -0.25) is 4.79 Å². The highest BCUT2D eigenvalue weighted by molar-refractivity contribution is 6.29.